The minimum Gasteiger partial charge on any atom is -0.480 e. The Morgan fingerprint density at radius 2 is 1.85 bits per heavy atom. The smallest absolute Gasteiger partial charge is 0.341 e. The number of aromatic nitrogens is 4. The number of nitrogens with one attached hydrogen (secondary N) is 2. The van der Waals surface area contributed by atoms with Gasteiger partial charge in [-0.2, -0.15) is 0 Å². The Morgan fingerprint density at radius 1 is 1.15 bits per heavy atom. The lowest BCUT2D eigenvalue weighted by Crippen LogP contribution is -2.22. The molecule has 3 aromatic rings. The lowest BCUT2D eigenvalue weighted by molar-refractivity contribution is -0.384. The number of non-ortho nitro benzene ring substituents is 1. The second-order valence-corrected chi connectivity index (χ2v) is 6.94. The van der Waals surface area contributed by atoms with E-state index < -0.39 is 16.9 Å². The summed E-state index contributed by atoms with van der Waals surface area (Å²) in [4.78, 5) is 36.6. The monoisotopic (exact) mass is 456 g/mol. The van der Waals surface area contributed by atoms with E-state index in [9.17, 15) is 24.8 Å². The first kappa shape index (κ1) is 23.1. The average molecular weight is 456 g/mol. The maximum Gasteiger partial charge on any atom is 0.341 e. The number of carbonyl (C=O) groups is 2. The molecule has 0 bridgehead atoms. The summed E-state index contributed by atoms with van der Waals surface area (Å²) in [5.74, 6) is -1.16. The van der Waals surface area contributed by atoms with Gasteiger partial charge in [0.25, 0.3) is 5.69 Å². The number of hydrogen-bond acceptors (Lipinski definition) is 9. The number of carbonyl (C=O) groups excluding carboxylic acids is 1. The lowest BCUT2D eigenvalue weighted by Gasteiger charge is -2.13. The van der Waals surface area contributed by atoms with Crippen LogP contribution >= 0.6 is 0 Å². The molecule has 14 nitrogen and oxygen atoms in total. The second kappa shape index (κ2) is 9.69. The Bertz CT molecular complexity index is 1170. The van der Waals surface area contributed by atoms with Gasteiger partial charge in [0.1, 0.15) is 5.56 Å². The first-order valence-electron chi connectivity index (χ1n) is 9.40. The molecule has 0 aliphatic rings. The van der Waals surface area contributed by atoms with Crippen molar-refractivity contribution in [2.75, 3.05) is 31.8 Å². The number of nitro groups is 1. The van der Waals surface area contributed by atoms with Gasteiger partial charge in [0, 0.05) is 24.7 Å². The zero-order chi connectivity index (χ0) is 24.1. The van der Waals surface area contributed by atoms with Crippen LogP contribution in [0.15, 0.2) is 36.4 Å². The number of methoxy groups -OCH3 is 1. The fourth-order valence-electron chi connectivity index (χ4n) is 2.89. The van der Waals surface area contributed by atoms with Gasteiger partial charge in [0.05, 0.1) is 23.4 Å². The molecule has 0 saturated carbocycles. The molecule has 14 heteroatoms. The maximum atomic E-state index is 12.5. The molecule has 1 aromatic carbocycles. The largest absolute Gasteiger partial charge is 0.480 e. The maximum absolute atomic E-state index is 12.5. The van der Waals surface area contributed by atoms with E-state index in [0.717, 1.165) is 0 Å². The fraction of sp³-hybridized carbons (Fsp3) is 0.211. The third-order valence-electron chi connectivity index (χ3n) is 4.29. The number of nitro benzene ring substituents is 1. The van der Waals surface area contributed by atoms with Crippen LogP contribution in [0.2, 0.25) is 0 Å². The number of urea groups is 1. The standard InChI is InChI=1S/C19H20N8O6/c1-25(2)10-13-16(18(28)29)17(21-19(30)20-14-8-9-15(33-3)23-22-14)24-26(13)11-4-6-12(7-5-11)27(31)32/h4-9H,10H2,1-3H3,(H,28,29)(H2,20,21,22,24,30). The fourth-order valence-corrected chi connectivity index (χ4v) is 2.89. The number of carboxylic acid groups (broad SMARTS) is 1. The van der Waals surface area contributed by atoms with Gasteiger partial charge in [0.2, 0.25) is 5.88 Å². The zero-order valence-corrected chi connectivity index (χ0v) is 17.8. The van der Waals surface area contributed by atoms with Crippen molar-refractivity contribution in [3.8, 4) is 11.6 Å². The lowest BCUT2D eigenvalue weighted by atomic mass is 10.2. The number of benzene rings is 1. The highest BCUT2D eigenvalue weighted by Gasteiger charge is 2.26. The van der Waals surface area contributed by atoms with Crippen molar-refractivity contribution in [3.05, 3.63) is 57.8 Å². The number of nitrogens with zero attached hydrogens (tertiary/aromatic N) is 6. The highest BCUT2D eigenvalue weighted by atomic mass is 16.6. The van der Waals surface area contributed by atoms with Crippen LogP contribution in [0.5, 0.6) is 5.88 Å². The molecule has 0 aliphatic carbocycles. The summed E-state index contributed by atoms with van der Waals surface area (Å²) in [6.07, 6.45) is 0. The van der Waals surface area contributed by atoms with Crippen molar-refractivity contribution < 1.29 is 24.4 Å². The highest BCUT2D eigenvalue weighted by molar-refractivity contribution is 6.04. The van der Waals surface area contributed by atoms with Crippen LogP contribution in [0, 0.1) is 10.1 Å². The first-order valence-corrected chi connectivity index (χ1v) is 9.40. The van der Waals surface area contributed by atoms with Crippen molar-refractivity contribution in [1.82, 2.24) is 24.9 Å². The number of amides is 2. The molecule has 0 radical (unpaired) electrons. The molecule has 33 heavy (non-hydrogen) atoms. The summed E-state index contributed by atoms with van der Waals surface area (Å²) in [6, 6.07) is 7.58. The van der Waals surface area contributed by atoms with Crippen LogP contribution in [0.3, 0.4) is 0 Å². The van der Waals surface area contributed by atoms with E-state index in [1.165, 1.54) is 48.2 Å². The van der Waals surface area contributed by atoms with Gasteiger partial charge in [0.15, 0.2) is 11.6 Å². The van der Waals surface area contributed by atoms with Crippen LogP contribution in [-0.4, -0.2) is 68.1 Å². The Kier molecular flexibility index (Phi) is 6.78. The predicted molar refractivity (Wildman–Crippen MR) is 116 cm³/mol. The molecule has 2 aromatic heterocycles. The number of hydrogen-bond donors (Lipinski definition) is 3. The van der Waals surface area contributed by atoms with E-state index >= 15 is 0 Å². The van der Waals surface area contributed by atoms with E-state index in [4.69, 9.17) is 4.74 Å². The molecule has 3 rings (SSSR count). The number of aromatic carboxylic acids is 1. The Morgan fingerprint density at radius 3 is 2.36 bits per heavy atom. The molecule has 2 heterocycles. The van der Waals surface area contributed by atoms with Crippen molar-refractivity contribution in [2.24, 2.45) is 0 Å². The molecule has 0 fully saturated rings. The van der Waals surface area contributed by atoms with Gasteiger partial charge >= 0.3 is 12.0 Å². The highest BCUT2D eigenvalue weighted by Crippen LogP contribution is 2.25. The molecular formula is C19H20N8O6. The molecule has 0 atom stereocenters. The molecule has 0 aliphatic heterocycles. The molecule has 0 spiro atoms. The summed E-state index contributed by atoms with van der Waals surface area (Å²) in [5, 5.41) is 37.4. The quantitative estimate of drug-likeness (QED) is 0.335. The normalized spacial score (nSPS) is 10.7. The average Bonchev–Trinajstić information content (AvgIpc) is 3.11. The van der Waals surface area contributed by atoms with Crippen LogP contribution in [-0.2, 0) is 6.54 Å². The van der Waals surface area contributed by atoms with Crippen LogP contribution in [0.4, 0.5) is 22.1 Å². The van der Waals surface area contributed by atoms with Gasteiger partial charge in [-0.1, -0.05) is 0 Å². The van der Waals surface area contributed by atoms with Crippen LogP contribution in [0.25, 0.3) is 5.69 Å². The van der Waals surface area contributed by atoms with E-state index in [-0.39, 0.29) is 41.0 Å². The third-order valence-corrected chi connectivity index (χ3v) is 4.29. The minimum atomic E-state index is -1.31. The van der Waals surface area contributed by atoms with Crippen LogP contribution in [0.1, 0.15) is 16.1 Å². The second-order valence-electron chi connectivity index (χ2n) is 6.94. The van der Waals surface area contributed by atoms with Crippen molar-refractivity contribution in [2.45, 2.75) is 6.54 Å². The number of rotatable bonds is 8. The molecule has 3 N–H and O–H groups in total. The number of carboxylic acids is 1. The van der Waals surface area contributed by atoms with E-state index in [0.29, 0.717) is 5.69 Å². The molecular weight excluding hydrogens is 436 g/mol. The third kappa shape index (κ3) is 5.37. The van der Waals surface area contributed by atoms with Gasteiger partial charge in [-0.3, -0.25) is 20.7 Å². The predicted octanol–water partition coefficient (Wildman–Crippen LogP) is 1.98. The number of anilines is 2. The van der Waals surface area contributed by atoms with Crippen molar-refractivity contribution >= 4 is 29.3 Å². The van der Waals surface area contributed by atoms with E-state index in [1.54, 1.807) is 19.0 Å². The van der Waals surface area contributed by atoms with Gasteiger partial charge in [-0.25, -0.2) is 14.3 Å². The SMILES string of the molecule is COc1ccc(NC(=O)Nc2nn(-c3ccc([N+](=O)[O-])cc3)c(CN(C)C)c2C(=O)O)nn1. The van der Waals surface area contributed by atoms with E-state index in [1.807, 2.05) is 0 Å². The summed E-state index contributed by atoms with van der Waals surface area (Å²) in [5.41, 5.74) is 0.296. The zero-order valence-electron chi connectivity index (χ0n) is 17.8. The molecule has 172 valence electrons. The van der Waals surface area contributed by atoms with Gasteiger partial charge < -0.3 is 14.7 Å². The molecule has 0 unspecified atom stereocenters. The first-order chi connectivity index (χ1) is 15.7. The van der Waals surface area contributed by atoms with Crippen molar-refractivity contribution in [1.29, 1.82) is 0 Å². The van der Waals surface area contributed by atoms with Gasteiger partial charge in [-0.05, 0) is 32.3 Å². The minimum absolute atomic E-state index is 0.105. The summed E-state index contributed by atoms with van der Waals surface area (Å²) >= 11 is 0. The van der Waals surface area contributed by atoms with Crippen molar-refractivity contribution in [3.63, 3.8) is 0 Å². The summed E-state index contributed by atoms with van der Waals surface area (Å²) in [6.45, 7) is 0.166. The Hall–Kier alpha value is -4.59. The Labute approximate surface area is 186 Å². The summed E-state index contributed by atoms with van der Waals surface area (Å²) < 4.78 is 6.22. The summed E-state index contributed by atoms with van der Waals surface area (Å²) in [7, 11) is 4.89. The Balaban J connectivity index is 1.96. The van der Waals surface area contributed by atoms with Gasteiger partial charge in [-0.15, -0.1) is 15.3 Å². The molecule has 2 amide bonds. The van der Waals surface area contributed by atoms with Crippen LogP contribution < -0.4 is 15.4 Å². The number of ether oxygens (including phenoxy) is 1. The topological polar surface area (TPSA) is 178 Å². The molecule has 0 saturated heterocycles. The van der Waals surface area contributed by atoms with E-state index in [2.05, 4.69) is 25.9 Å².